The fourth-order valence-corrected chi connectivity index (χ4v) is 3.93. The zero-order valence-electron chi connectivity index (χ0n) is 15.1. The SMILES string of the molecule is COc1ccc(N2CCC(NC(=O)c3cc4cccc(Br)c4o3)CC2)cc1. The molecule has 2 aromatic carbocycles. The molecule has 3 aromatic rings. The van der Waals surface area contributed by atoms with Crippen molar-refractivity contribution in [2.75, 3.05) is 25.1 Å². The number of fused-ring (bicyclic) bond motifs is 1. The number of carbonyl (C=O) groups is 1. The highest BCUT2D eigenvalue weighted by Crippen LogP contribution is 2.27. The predicted molar refractivity (Wildman–Crippen MR) is 110 cm³/mol. The lowest BCUT2D eigenvalue weighted by Gasteiger charge is -2.33. The van der Waals surface area contributed by atoms with Gasteiger partial charge < -0.3 is 19.4 Å². The van der Waals surface area contributed by atoms with Gasteiger partial charge in [0.1, 0.15) is 11.3 Å². The number of nitrogens with zero attached hydrogens (tertiary/aromatic N) is 1. The van der Waals surface area contributed by atoms with E-state index < -0.39 is 0 Å². The third-order valence-electron chi connectivity index (χ3n) is 4.99. The van der Waals surface area contributed by atoms with Gasteiger partial charge in [-0.05, 0) is 65.2 Å². The largest absolute Gasteiger partial charge is 0.497 e. The summed E-state index contributed by atoms with van der Waals surface area (Å²) in [6.07, 6.45) is 1.81. The Labute approximate surface area is 166 Å². The molecule has 4 rings (SSSR count). The fraction of sp³-hybridized carbons (Fsp3) is 0.286. The number of para-hydroxylation sites is 1. The molecule has 1 amide bonds. The highest BCUT2D eigenvalue weighted by molar-refractivity contribution is 9.10. The molecule has 1 fully saturated rings. The molecule has 0 spiro atoms. The van der Waals surface area contributed by atoms with Crippen LogP contribution in [0.15, 0.2) is 57.4 Å². The standard InChI is InChI=1S/C21H21BrN2O3/c1-26-17-7-5-16(6-8-17)24-11-9-15(10-12-24)23-21(25)19-13-14-3-2-4-18(22)20(14)27-19/h2-8,13,15H,9-12H2,1H3,(H,23,25). The van der Waals surface area contributed by atoms with Crippen molar-refractivity contribution >= 4 is 38.5 Å². The Hall–Kier alpha value is -2.47. The summed E-state index contributed by atoms with van der Waals surface area (Å²) < 4.78 is 11.8. The first-order valence-electron chi connectivity index (χ1n) is 9.02. The minimum absolute atomic E-state index is 0.152. The van der Waals surface area contributed by atoms with Gasteiger partial charge in [-0.15, -0.1) is 0 Å². The number of piperidine rings is 1. The Balaban J connectivity index is 1.36. The van der Waals surface area contributed by atoms with Crippen molar-refractivity contribution in [1.82, 2.24) is 5.32 Å². The maximum atomic E-state index is 12.6. The van der Waals surface area contributed by atoms with Crippen LogP contribution in [0.1, 0.15) is 23.4 Å². The number of anilines is 1. The lowest BCUT2D eigenvalue weighted by atomic mass is 10.0. The topological polar surface area (TPSA) is 54.7 Å². The molecule has 2 heterocycles. The molecule has 1 saturated heterocycles. The number of hydrogen-bond donors (Lipinski definition) is 1. The number of methoxy groups -OCH3 is 1. The van der Waals surface area contributed by atoms with Crippen molar-refractivity contribution in [3.63, 3.8) is 0 Å². The van der Waals surface area contributed by atoms with E-state index in [2.05, 4.69) is 38.3 Å². The minimum Gasteiger partial charge on any atom is -0.497 e. The van der Waals surface area contributed by atoms with Crippen LogP contribution in [-0.2, 0) is 0 Å². The van der Waals surface area contributed by atoms with Crippen molar-refractivity contribution < 1.29 is 13.9 Å². The van der Waals surface area contributed by atoms with Crippen LogP contribution in [0.5, 0.6) is 5.75 Å². The Morgan fingerprint density at radius 1 is 1.19 bits per heavy atom. The molecule has 0 radical (unpaired) electrons. The molecule has 1 aliphatic rings. The lowest BCUT2D eigenvalue weighted by Crippen LogP contribution is -2.44. The summed E-state index contributed by atoms with van der Waals surface area (Å²) in [7, 11) is 1.67. The molecule has 140 valence electrons. The van der Waals surface area contributed by atoms with Gasteiger partial charge in [0.25, 0.3) is 5.91 Å². The third-order valence-corrected chi connectivity index (χ3v) is 5.61. The fourth-order valence-electron chi connectivity index (χ4n) is 3.47. The van der Waals surface area contributed by atoms with Crippen LogP contribution in [0.3, 0.4) is 0 Å². The highest BCUT2D eigenvalue weighted by Gasteiger charge is 2.23. The van der Waals surface area contributed by atoms with E-state index in [1.54, 1.807) is 13.2 Å². The van der Waals surface area contributed by atoms with Gasteiger partial charge in [-0.25, -0.2) is 0 Å². The third kappa shape index (κ3) is 3.81. The van der Waals surface area contributed by atoms with Crippen molar-refractivity contribution in [3.8, 4) is 5.75 Å². The molecule has 1 N–H and O–H groups in total. The summed E-state index contributed by atoms with van der Waals surface area (Å²) in [5.74, 6) is 1.06. The van der Waals surface area contributed by atoms with E-state index in [-0.39, 0.29) is 11.9 Å². The number of nitrogens with one attached hydrogen (secondary N) is 1. The summed E-state index contributed by atoms with van der Waals surface area (Å²) >= 11 is 3.46. The molecule has 6 heteroatoms. The average Bonchev–Trinajstić information content (AvgIpc) is 3.15. The normalized spacial score (nSPS) is 15.1. The van der Waals surface area contributed by atoms with Gasteiger partial charge in [-0.2, -0.15) is 0 Å². The molecular weight excluding hydrogens is 408 g/mol. The molecule has 1 aliphatic heterocycles. The summed E-state index contributed by atoms with van der Waals surface area (Å²) in [6.45, 7) is 1.81. The predicted octanol–water partition coefficient (Wildman–Crippen LogP) is 4.60. The van der Waals surface area contributed by atoms with Crippen LogP contribution in [0, 0.1) is 0 Å². The van der Waals surface area contributed by atoms with Gasteiger partial charge in [-0.1, -0.05) is 12.1 Å². The van der Waals surface area contributed by atoms with E-state index in [9.17, 15) is 4.79 Å². The first-order valence-corrected chi connectivity index (χ1v) is 9.81. The van der Waals surface area contributed by atoms with Crippen LogP contribution in [0.4, 0.5) is 5.69 Å². The first-order chi connectivity index (χ1) is 13.1. The molecule has 0 saturated carbocycles. The molecule has 0 aliphatic carbocycles. The number of hydrogen-bond acceptors (Lipinski definition) is 4. The zero-order chi connectivity index (χ0) is 18.8. The second-order valence-corrected chi connectivity index (χ2v) is 7.56. The van der Waals surface area contributed by atoms with E-state index in [1.807, 2.05) is 30.3 Å². The number of amides is 1. The van der Waals surface area contributed by atoms with Crippen molar-refractivity contribution in [3.05, 3.63) is 58.8 Å². The van der Waals surface area contributed by atoms with Crippen LogP contribution in [0.25, 0.3) is 11.0 Å². The maximum absolute atomic E-state index is 12.6. The van der Waals surface area contributed by atoms with Gasteiger partial charge in [-0.3, -0.25) is 4.79 Å². The van der Waals surface area contributed by atoms with E-state index in [4.69, 9.17) is 9.15 Å². The Morgan fingerprint density at radius 3 is 2.59 bits per heavy atom. The zero-order valence-corrected chi connectivity index (χ0v) is 16.7. The average molecular weight is 429 g/mol. The van der Waals surface area contributed by atoms with Crippen molar-refractivity contribution in [2.45, 2.75) is 18.9 Å². The second kappa shape index (κ2) is 7.64. The molecule has 27 heavy (non-hydrogen) atoms. The number of ether oxygens (including phenoxy) is 1. The molecule has 0 atom stereocenters. The van der Waals surface area contributed by atoms with E-state index >= 15 is 0 Å². The van der Waals surface area contributed by atoms with Gasteiger partial charge in [0.15, 0.2) is 5.76 Å². The molecular formula is C21H21BrN2O3. The van der Waals surface area contributed by atoms with Crippen LogP contribution in [-0.4, -0.2) is 32.1 Å². The Morgan fingerprint density at radius 2 is 1.93 bits per heavy atom. The van der Waals surface area contributed by atoms with Crippen LogP contribution < -0.4 is 15.0 Å². The molecule has 0 bridgehead atoms. The van der Waals surface area contributed by atoms with Crippen LogP contribution >= 0.6 is 15.9 Å². The first kappa shape index (κ1) is 17.9. The van der Waals surface area contributed by atoms with Crippen molar-refractivity contribution in [1.29, 1.82) is 0 Å². The maximum Gasteiger partial charge on any atom is 0.287 e. The molecule has 5 nitrogen and oxygen atoms in total. The summed E-state index contributed by atoms with van der Waals surface area (Å²) in [4.78, 5) is 14.9. The smallest absolute Gasteiger partial charge is 0.287 e. The quantitative estimate of drug-likeness (QED) is 0.659. The molecule has 1 aromatic heterocycles. The Bertz CT molecular complexity index is 944. The second-order valence-electron chi connectivity index (χ2n) is 6.70. The summed E-state index contributed by atoms with van der Waals surface area (Å²) in [6, 6.07) is 15.8. The van der Waals surface area contributed by atoms with Crippen LogP contribution in [0.2, 0.25) is 0 Å². The van der Waals surface area contributed by atoms with Gasteiger partial charge >= 0.3 is 0 Å². The van der Waals surface area contributed by atoms with E-state index in [1.165, 1.54) is 5.69 Å². The lowest BCUT2D eigenvalue weighted by molar-refractivity contribution is 0.0905. The van der Waals surface area contributed by atoms with Gasteiger partial charge in [0, 0.05) is 30.2 Å². The van der Waals surface area contributed by atoms with Crippen molar-refractivity contribution in [2.24, 2.45) is 0 Å². The number of carbonyl (C=O) groups excluding carboxylic acids is 1. The highest BCUT2D eigenvalue weighted by atomic mass is 79.9. The number of halogens is 1. The van der Waals surface area contributed by atoms with Gasteiger partial charge in [0.05, 0.1) is 11.6 Å². The van der Waals surface area contributed by atoms with E-state index in [0.717, 1.165) is 41.5 Å². The number of furan rings is 1. The molecule has 0 unspecified atom stereocenters. The monoisotopic (exact) mass is 428 g/mol. The Kier molecular flexibility index (Phi) is 5.07. The van der Waals surface area contributed by atoms with E-state index in [0.29, 0.717) is 11.3 Å². The minimum atomic E-state index is -0.152. The van der Waals surface area contributed by atoms with Gasteiger partial charge in [0.2, 0.25) is 0 Å². The summed E-state index contributed by atoms with van der Waals surface area (Å²) in [5.41, 5.74) is 1.89. The number of rotatable bonds is 4. The summed E-state index contributed by atoms with van der Waals surface area (Å²) in [5, 5.41) is 4.03. The number of benzene rings is 2.